The van der Waals surface area contributed by atoms with E-state index in [4.69, 9.17) is 21.6 Å². The van der Waals surface area contributed by atoms with Crippen molar-refractivity contribution in [3.05, 3.63) is 41.1 Å². The maximum Gasteiger partial charge on any atom is 0.267 e. The SMILES string of the molecule is CC(C)OCCCN/C=C(/C#N)C(=O)Nc1ccccc1Cl. The fourth-order valence-electron chi connectivity index (χ4n) is 1.57. The van der Waals surface area contributed by atoms with E-state index >= 15 is 0 Å². The van der Waals surface area contributed by atoms with E-state index in [2.05, 4.69) is 10.6 Å². The van der Waals surface area contributed by atoms with Crippen LogP contribution < -0.4 is 10.6 Å². The lowest BCUT2D eigenvalue weighted by Gasteiger charge is -2.08. The fourth-order valence-corrected chi connectivity index (χ4v) is 1.75. The van der Waals surface area contributed by atoms with Gasteiger partial charge in [0.2, 0.25) is 0 Å². The van der Waals surface area contributed by atoms with E-state index in [0.717, 1.165) is 6.42 Å². The van der Waals surface area contributed by atoms with Crippen LogP contribution in [0.25, 0.3) is 0 Å². The summed E-state index contributed by atoms with van der Waals surface area (Å²) < 4.78 is 5.40. The number of hydrogen-bond acceptors (Lipinski definition) is 4. The van der Waals surface area contributed by atoms with Crippen LogP contribution >= 0.6 is 11.6 Å². The molecule has 0 saturated carbocycles. The minimum absolute atomic E-state index is 0.00954. The Kier molecular flexibility index (Phi) is 8.05. The van der Waals surface area contributed by atoms with Crippen LogP contribution in [0.4, 0.5) is 5.69 Å². The van der Waals surface area contributed by atoms with Gasteiger partial charge >= 0.3 is 0 Å². The summed E-state index contributed by atoms with van der Waals surface area (Å²) in [6.07, 6.45) is 2.40. The van der Waals surface area contributed by atoms with E-state index in [-0.39, 0.29) is 11.7 Å². The zero-order valence-electron chi connectivity index (χ0n) is 12.7. The number of nitriles is 1. The maximum absolute atomic E-state index is 12.0. The molecule has 5 nitrogen and oxygen atoms in total. The van der Waals surface area contributed by atoms with Crippen molar-refractivity contribution in [3.8, 4) is 6.07 Å². The average Bonchev–Trinajstić information content (AvgIpc) is 2.48. The van der Waals surface area contributed by atoms with Crippen LogP contribution in [0, 0.1) is 11.3 Å². The van der Waals surface area contributed by atoms with Crippen molar-refractivity contribution in [1.82, 2.24) is 5.32 Å². The van der Waals surface area contributed by atoms with Crippen molar-refractivity contribution < 1.29 is 9.53 Å². The molecule has 0 atom stereocenters. The molecule has 0 radical (unpaired) electrons. The van der Waals surface area contributed by atoms with Crippen LogP contribution in [0.2, 0.25) is 5.02 Å². The van der Waals surface area contributed by atoms with Gasteiger partial charge in [0, 0.05) is 19.4 Å². The molecule has 1 aromatic carbocycles. The van der Waals surface area contributed by atoms with Gasteiger partial charge in [0.15, 0.2) is 0 Å². The van der Waals surface area contributed by atoms with E-state index in [1.54, 1.807) is 24.3 Å². The average molecular weight is 322 g/mol. The van der Waals surface area contributed by atoms with Crippen molar-refractivity contribution in [2.45, 2.75) is 26.4 Å². The molecule has 22 heavy (non-hydrogen) atoms. The predicted octanol–water partition coefficient (Wildman–Crippen LogP) is 3.09. The Morgan fingerprint density at radius 1 is 1.45 bits per heavy atom. The molecule has 0 saturated heterocycles. The summed E-state index contributed by atoms with van der Waals surface area (Å²) in [5.41, 5.74) is 0.463. The minimum atomic E-state index is -0.499. The molecule has 118 valence electrons. The van der Waals surface area contributed by atoms with Gasteiger partial charge < -0.3 is 15.4 Å². The van der Waals surface area contributed by atoms with Gasteiger partial charge in [0.1, 0.15) is 11.6 Å². The van der Waals surface area contributed by atoms with Crippen LogP contribution in [-0.4, -0.2) is 25.2 Å². The summed E-state index contributed by atoms with van der Waals surface area (Å²) in [4.78, 5) is 12.0. The molecule has 0 heterocycles. The molecule has 1 aromatic rings. The van der Waals surface area contributed by atoms with Crippen molar-refractivity contribution in [2.24, 2.45) is 0 Å². The van der Waals surface area contributed by atoms with Crippen molar-refractivity contribution in [3.63, 3.8) is 0 Å². The largest absolute Gasteiger partial charge is 0.390 e. The van der Waals surface area contributed by atoms with Crippen LogP contribution in [0.5, 0.6) is 0 Å². The van der Waals surface area contributed by atoms with Crippen LogP contribution in [0.3, 0.4) is 0 Å². The Balaban J connectivity index is 2.46. The topological polar surface area (TPSA) is 74.1 Å². The maximum atomic E-state index is 12.0. The number of para-hydroxylation sites is 1. The van der Waals surface area contributed by atoms with Gasteiger partial charge in [0.05, 0.1) is 16.8 Å². The first-order valence-corrected chi connectivity index (χ1v) is 7.43. The van der Waals surface area contributed by atoms with Crippen LogP contribution in [-0.2, 0) is 9.53 Å². The van der Waals surface area contributed by atoms with Gasteiger partial charge in [-0.25, -0.2) is 0 Å². The third kappa shape index (κ3) is 6.61. The van der Waals surface area contributed by atoms with Gasteiger partial charge in [-0.2, -0.15) is 5.26 Å². The lowest BCUT2D eigenvalue weighted by atomic mass is 10.2. The fraction of sp³-hybridized carbons (Fsp3) is 0.375. The highest BCUT2D eigenvalue weighted by atomic mass is 35.5. The summed E-state index contributed by atoms with van der Waals surface area (Å²) in [6.45, 7) is 5.20. The number of nitrogens with zero attached hydrogens (tertiary/aromatic N) is 1. The monoisotopic (exact) mass is 321 g/mol. The highest BCUT2D eigenvalue weighted by molar-refractivity contribution is 6.33. The Morgan fingerprint density at radius 3 is 2.82 bits per heavy atom. The Morgan fingerprint density at radius 2 is 2.18 bits per heavy atom. The van der Waals surface area contributed by atoms with Crippen molar-refractivity contribution in [2.75, 3.05) is 18.5 Å². The lowest BCUT2D eigenvalue weighted by Crippen LogP contribution is -2.18. The number of halogens is 1. The first-order chi connectivity index (χ1) is 10.5. The van der Waals surface area contributed by atoms with Crippen LogP contribution in [0.15, 0.2) is 36.0 Å². The highest BCUT2D eigenvalue weighted by Gasteiger charge is 2.10. The normalized spacial score (nSPS) is 11.1. The van der Waals surface area contributed by atoms with E-state index < -0.39 is 5.91 Å². The zero-order valence-corrected chi connectivity index (χ0v) is 13.5. The first kappa shape index (κ1) is 18.0. The van der Waals surface area contributed by atoms with E-state index in [9.17, 15) is 4.79 Å². The highest BCUT2D eigenvalue weighted by Crippen LogP contribution is 2.20. The number of carbonyl (C=O) groups excluding carboxylic acids is 1. The van der Waals surface area contributed by atoms with Gasteiger partial charge in [-0.15, -0.1) is 0 Å². The second-order valence-electron chi connectivity index (χ2n) is 4.83. The molecule has 0 aliphatic heterocycles. The summed E-state index contributed by atoms with van der Waals surface area (Å²) >= 11 is 5.96. The molecule has 2 N–H and O–H groups in total. The minimum Gasteiger partial charge on any atom is -0.390 e. The van der Waals surface area contributed by atoms with Crippen LogP contribution in [0.1, 0.15) is 20.3 Å². The second-order valence-corrected chi connectivity index (χ2v) is 5.24. The van der Waals surface area contributed by atoms with Gasteiger partial charge in [-0.1, -0.05) is 23.7 Å². The Hall–Kier alpha value is -2.03. The third-order valence-electron chi connectivity index (χ3n) is 2.65. The molecule has 0 unspecified atom stereocenters. The summed E-state index contributed by atoms with van der Waals surface area (Å²) in [7, 11) is 0. The van der Waals surface area contributed by atoms with Gasteiger partial charge in [-0.05, 0) is 32.4 Å². The quantitative estimate of drug-likeness (QED) is 0.438. The predicted molar refractivity (Wildman–Crippen MR) is 87.5 cm³/mol. The molecule has 0 spiro atoms. The number of rotatable bonds is 8. The standard InChI is InChI=1S/C16H20ClN3O2/c1-12(2)22-9-5-8-19-11-13(10-18)16(21)20-15-7-4-3-6-14(15)17/h3-4,6-7,11-12,19H,5,8-9H2,1-2H3,(H,20,21)/b13-11-. The number of benzene rings is 1. The number of ether oxygens (including phenoxy) is 1. The van der Waals surface area contributed by atoms with Crippen molar-refractivity contribution >= 4 is 23.2 Å². The summed E-state index contributed by atoms with van der Waals surface area (Å²) in [5.74, 6) is -0.499. The molecule has 1 rings (SSSR count). The molecule has 6 heteroatoms. The molecular formula is C16H20ClN3O2. The third-order valence-corrected chi connectivity index (χ3v) is 2.98. The molecular weight excluding hydrogens is 302 g/mol. The Labute approximate surface area is 135 Å². The van der Waals surface area contributed by atoms with E-state index in [1.165, 1.54) is 6.20 Å². The summed E-state index contributed by atoms with van der Waals surface area (Å²) in [5, 5.41) is 15.0. The van der Waals surface area contributed by atoms with E-state index in [0.29, 0.717) is 23.9 Å². The summed E-state index contributed by atoms with van der Waals surface area (Å²) in [6, 6.07) is 8.72. The number of hydrogen-bond donors (Lipinski definition) is 2. The first-order valence-electron chi connectivity index (χ1n) is 7.05. The Bertz CT molecular complexity index is 565. The number of carbonyl (C=O) groups is 1. The number of anilines is 1. The number of amides is 1. The molecule has 0 aromatic heterocycles. The van der Waals surface area contributed by atoms with Gasteiger partial charge in [-0.3, -0.25) is 4.79 Å². The lowest BCUT2D eigenvalue weighted by molar-refractivity contribution is -0.112. The smallest absolute Gasteiger partial charge is 0.267 e. The molecule has 0 aliphatic carbocycles. The van der Waals surface area contributed by atoms with Gasteiger partial charge in [0.25, 0.3) is 5.91 Å². The molecule has 1 amide bonds. The van der Waals surface area contributed by atoms with E-state index in [1.807, 2.05) is 19.9 Å². The number of nitrogens with one attached hydrogen (secondary N) is 2. The molecule has 0 aliphatic rings. The van der Waals surface area contributed by atoms with Crippen molar-refractivity contribution in [1.29, 1.82) is 5.26 Å². The second kappa shape index (κ2) is 9.82. The zero-order chi connectivity index (χ0) is 16.4. The molecule has 0 bridgehead atoms. The molecule has 0 fully saturated rings.